The van der Waals surface area contributed by atoms with Crippen LogP contribution in [0.4, 0.5) is 4.39 Å². The summed E-state index contributed by atoms with van der Waals surface area (Å²) in [5.74, 6) is 1.10. The monoisotopic (exact) mass is 435 g/mol. The molecule has 6 nitrogen and oxygen atoms in total. The fourth-order valence-corrected chi connectivity index (χ4v) is 4.97. The van der Waals surface area contributed by atoms with E-state index in [1.165, 1.54) is 12.1 Å². The first-order valence-electron chi connectivity index (χ1n) is 11.0. The summed E-state index contributed by atoms with van der Waals surface area (Å²) in [7, 11) is 3.26. The molecule has 0 bridgehead atoms. The zero-order chi connectivity index (χ0) is 22.2. The predicted octanol–water partition coefficient (Wildman–Crippen LogP) is 4.49. The van der Waals surface area contributed by atoms with Gasteiger partial charge in [0, 0.05) is 29.4 Å². The molecule has 1 saturated heterocycles. The van der Waals surface area contributed by atoms with Crippen molar-refractivity contribution >= 4 is 5.91 Å². The minimum Gasteiger partial charge on any atom is -0.497 e. The van der Waals surface area contributed by atoms with E-state index in [-0.39, 0.29) is 17.8 Å². The van der Waals surface area contributed by atoms with Gasteiger partial charge in [0.05, 0.1) is 25.9 Å². The average molecular weight is 435 g/mol. The first-order chi connectivity index (χ1) is 15.6. The van der Waals surface area contributed by atoms with Crippen LogP contribution in [-0.2, 0) is 12.8 Å². The number of ether oxygens (including phenoxy) is 2. The van der Waals surface area contributed by atoms with Gasteiger partial charge in [-0.3, -0.25) is 4.79 Å². The van der Waals surface area contributed by atoms with Gasteiger partial charge in [0.25, 0.3) is 5.91 Å². The van der Waals surface area contributed by atoms with E-state index < -0.39 is 0 Å². The number of halogens is 1. The van der Waals surface area contributed by atoms with Crippen molar-refractivity contribution in [1.29, 1.82) is 0 Å². The SMILES string of the molecule is COc1ccc(C2CCCN2C(=O)c2nn(-c3ccc(F)cc3)c3c2CCC3)c(OC)c1. The summed E-state index contributed by atoms with van der Waals surface area (Å²) in [6.45, 7) is 0.677. The topological polar surface area (TPSA) is 56.6 Å². The Kier molecular flexibility index (Phi) is 5.33. The highest BCUT2D eigenvalue weighted by molar-refractivity contribution is 5.95. The van der Waals surface area contributed by atoms with Gasteiger partial charge in [-0.05, 0) is 68.5 Å². The molecule has 0 N–H and O–H groups in total. The normalized spacial score (nSPS) is 17.5. The lowest BCUT2D eigenvalue weighted by molar-refractivity contribution is 0.0726. The Labute approximate surface area is 186 Å². The zero-order valence-electron chi connectivity index (χ0n) is 18.3. The molecule has 3 aromatic rings. The van der Waals surface area contributed by atoms with Gasteiger partial charge >= 0.3 is 0 Å². The van der Waals surface area contributed by atoms with E-state index in [9.17, 15) is 9.18 Å². The van der Waals surface area contributed by atoms with Crippen molar-refractivity contribution in [1.82, 2.24) is 14.7 Å². The van der Waals surface area contributed by atoms with Crippen molar-refractivity contribution in [2.24, 2.45) is 0 Å². The summed E-state index contributed by atoms with van der Waals surface area (Å²) >= 11 is 0. The lowest BCUT2D eigenvalue weighted by Gasteiger charge is -2.26. The average Bonchev–Trinajstić information content (AvgIpc) is 3.55. The highest BCUT2D eigenvalue weighted by Crippen LogP contribution is 2.40. The first kappa shape index (κ1) is 20.5. The number of likely N-dealkylation sites (tertiary alicyclic amines) is 1. The molecule has 5 rings (SSSR count). The molecule has 1 aliphatic heterocycles. The minimum atomic E-state index is -0.290. The first-order valence-corrected chi connectivity index (χ1v) is 11.0. The number of hydrogen-bond acceptors (Lipinski definition) is 4. The number of nitrogens with zero attached hydrogens (tertiary/aromatic N) is 3. The second-order valence-electron chi connectivity index (χ2n) is 8.28. The quantitative estimate of drug-likeness (QED) is 0.592. The lowest BCUT2D eigenvalue weighted by atomic mass is 10.0. The second-order valence-corrected chi connectivity index (χ2v) is 8.28. The third-order valence-electron chi connectivity index (χ3n) is 6.52. The largest absolute Gasteiger partial charge is 0.497 e. The minimum absolute atomic E-state index is 0.0515. The molecule has 1 aromatic heterocycles. The van der Waals surface area contributed by atoms with Crippen molar-refractivity contribution in [3.05, 3.63) is 70.8 Å². The molecule has 1 amide bonds. The van der Waals surface area contributed by atoms with E-state index in [4.69, 9.17) is 14.6 Å². The summed E-state index contributed by atoms with van der Waals surface area (Å²) < 4.78 is 26.2. The third-order valence-corrected chi connectivity index (χ3v) is 6.52. The number of fused-ring (bicyclic) bond motifs is 1. The van der Waals surface area contributed by atoms with Crippen molar-refractivity contribution in [2.45, 2.75) is 38.1 Å². The van der Waals surface area contributed by atoms with Gasteiger partial charge in [-0.25, -0.2) is 9.07 Å². The van der Waals surface area contributed by atoms with Crippen LogP contribution in [0, 0.1) is 5.82 Å². The molecule has 1 aliphatic carbocycles. The molecular formula is C25H26FN3O3. The van der Waals surface area contributed by atoms with Gasteiger partial charge in [0.1, 0.15) is 17.3 Å². The van der Waals surface area contributed by atoms with Crippen LogP contribution in [-0.4, -0.2) is 41.4 Å². The molecule has 2 aliphatic rings. The third kappa shape index (κ3) is 3.42. The summed E-state index contributed by atoms with van der Waals surface area (Å²) in [6, 6.07) is 11.9. The van der Waals surface area contributed by atoms with Crippen LogP contribution < -0.4 is 9.47 Å². The lowest BCUT2D eigenvalue weighted by Crippen LogP contribution is -2.31. The molecule has 2 aromatic carbocycles. The number of benzene rings is 2. The van der Waals surface area contributed by atoms with Crippen molar-refractivity contribution in [3.8, 4) is 17.2 Å². The van der Waals surface area contributed by atoms with Gasteiger partial charge in [-0.1, -0.05) is 0 Å². The molecule has 32 heavy (non-hydrogen) atoms. The molecule has 2 heterocycles. The molecule has 0 spiro atoms. The Balaban J connectivity index is 1.51. The Bertz CT molecular complexity index is 1160. The van der Waals surface area contributed by atoms with Crippen molar-refractivity contribution in [3.63, 3.8) is 0 Å². The maximum absolute atomic E-state index is 13.7. The van der Waals surface area contributed by atoms with Crippen molar-refractivity contribution < 1.29 is 18.7 Å². The maximum Gasteiger partial charge on any atom is 0.275 e. The summed E-state index contributed by atoms with van der Waals surface area (Å²) in [4.78, 5) is 15.7. The van der Waals surface area contributed by atoms with E-state index in [0.29, 0.717) is 12.2 Å². The molecule has 1 fully saturated rings. The molecule has 166 valence electrons. The number of methoxy groups -OCH3 is 2. The Hall–Kier alpha value is -3.35. The van der Waals surface area contributed by atoms with Gasteiger partial charge in [-0.15, -0.1) is 0 Å². The smallest absolute Gasteiger partial charge is 0.275 e. The van der Waals surface area contributed by atoms with Crippen LogP contribution in [0.1, 0.15) is 52.6 Å². The number of aromatic nitrogens is 2. The van der Waals surface area contributed by atoms with Crippen LogP contribution in [0.5, 0.6) is 11.5 Å². The molecule has 1 atom stereocenters. The van der Waals surface area contributed by atoms with Gasteiger partial charge in [-0.2, -0.15) is 5.10 Å². The summed E-state index contributed by atoms with van der Waals surface area (Å²) in [6.07, 6.45) is 4.48. The summed E-state index contributed by atoms with van der Waals surface area (Å²) in [5.41, 5.74) is 4.35. The second kappa shape index (κ2) is 8.30. The van der Waals surface area contributed by atoms with Gasteiger partial charge in [0.2, 0.25) is 0 Å². The molecular weight excluding hydrogens is 409 g/mol. The van der Waals surface area contributed by atoms with Crippen LogP contribution in [0.15, 0.2) is 42.5 Å². The van der Waals surface area contributed by atoms with E-state index in [2.05, 4.69) is 0 Å². The van der Waals surface area contributed by atoms with Crippen LogP contribution in [0.25, 0.3) is 5.69 Å². The van der Waals surface area contributed by atoms with Crippen LogP contribution >= 0.6 is 0 Å². The van der Waals surface area contributed by atoms with E-state index in [1.54, 1.807) is 26.4 Å². The zero-order valence-corrected chi connectivity index (χ0v) is 18.3. The number of carbonyl (C=O) groups is 1. The fourth-order valence-electron chi connectivity index (χ4n) is 4.97. The van der Waals surface area contributed by atoms with Crippen molar-refractivity contribution in [2.75, 3.05) is 20.8 Å². The Morgan fingerprint density at radius 3 is 2.62 bits per heavy atom. The van der Waals surface area contributed by atoms with E-state index in [0.717, 1.165) is 66.1 Å². The molecule has 1 unspecified atom stereocenters. The number of rotatable bonds is 5. The predicted molar refractivity (Wildman–Crippen MR) is 118 cm³/mol. The number of amides is 1. The molecule has 0 radical (unpaired) electrons. The highest BCUT2D eigenvalue weighted by Gasteiger charge is 2.36. The van der Waals surface area contributed by atoms with E-state index in [1.807, 2.05) is 27.8 Å². The standard InChI is InChI=1S/C25H26FN3O3/c1-31-18-12-13-19(23(15-18)32-2)21-7-4-14-28(21)25(30)24-20-5-3-6-22(20)29(27-24)17-10-8-16(26)9-11-17/h8-13,15,21H,3-7,14H2,1-2H3. The Morgan fingerprint density at radius 2 is 1.88 bits per heavy atom. The maximum atomic E-state index is 13.7. The Morgan fingerprint density at radius 1 is 1.06 bits per heavy atom. The molecule has 0 saturated carbocycles. The number of carbonyl (C=O) groups excluding carboxylic acids is 1. The number of hydrogen-bond donors (Lipinski definition) is 0. The fraction of sp³-hybridized carbons (Fsp3) is 0.360. The van der Waals surface area contributed by atoms with Gasteiger partial charge in [0.15, 0.2) is 5.69 Å². The molecule has 7 heteroatoms. The summed E-state index contributed by atoms with van der Waals surface area (Å²) in [5, 5.41) is 4.73. The highest BCUT2D eigenvalue weighted by atomic mass is 19.1. The van der Waals surface area contributed by atoms with Crippen LogP contribution in [0.2, 0.25) is 0 Å². The van der Waals surface area contributed by atoms with Gasteiger partial charge < -0.3 is 14.4 Å². The van der Waals surface area contributed by atoms with Crippen LogP contribution in [0.3, 0.4) is 0 Å². The van der Waals surface area contributed by atoms with E-state index >= 15 is 0 Å².